The van der Waals surface area contributed by atoms with Gasteiger partial charge in [-0.2, -0.15) is 0 Å². The highest BCUT2D eigenvalue weighted by Crippen LogP contribution is 2.29. The van der Waals surface area contributed by atoms with Crippen LogP contribution in [0.25, 0.3) is 10.9 Å². The number of pyridine rings is 1. The molecular formula is C15H17N3O. The fourth-order valence-electron chi connectivity index (χ4n) is 2.41. The van der Waals surface area contributed by atoms with Crippen molar-refractivity contribution in [1.29, 1.82) is 0 Å². The topological polar surface area (TPSA) is 59.2 Å². The molecule has 1 aliphatic carbocycles. The summed E-state index contributed by atoms with van der Waals surface area (Å²) in [4.78, 5) is 18.9. The van der Waals surface area contributed by atoms with Gasteiger partial charge in [0.15, 0.2) is 0 Å². The number of hydrogen-bond donors (Lipinski definition) is 1. The van der Waals surface area contributed by atoms with Crippen molar-refractivity contribution in [3.63, 3.8) is 0 Å². The number of benzene rings is 1. The molecule has 1 aromatic heterocycles. The smallest absolute Gasteiger partial charge is 0.254 e. The van der Waals surface area contributed by atoms with E-state index in [4.69, 9.17) is 5.73 Å². The Bertz CT molecular complexity index is 602. The molecule has 1 aliphatic rings. The van der Waals surface area contributed by atoms with E-state index < -0.39 is 0 Å². The Hall–Kier alpha value is -1.94. The van der Waals surface area contributed by atoms with E-state index in [9.17, 15) is 4.79 Å². The molecule has 1 heterocycles. The Labute approximate surface area is 112 Å². The number of carbonyl (C=O) groups is 1. The number of hydrogen-bond acceptors (Lipinski definition) is 3. The highest BCUT2D eigenvalue weighted by molar-refractivity contribution is 6.06. The number of carbonyl (C=O) groups excluding carboxylic acids is 1. The van der Waals surface area contributed by atoms with Crippen molar-refractivity contribution >= 4 is 16.8 Å². The summed E-state index contributed by atoms with van der Waals surface area (Å²) in [5.41, 5.74) is 7.20. The third-order valence-corrected chi connectivity index (χ3v) is 3.50. The molecule has 3 rings (SSSR count). The van der Waals surface area contributed by atoms with Crippen molar-refractivity contribution in [2.45, 2.75) is 18.9 Å². The van der Waals surface area contributed by atoms with Crippen LogP contribution in [0.5, 0.6) is 0 Å². The van der Waals surface area contributed by atoms with Crippen molar-refractivity contribution in [2.24, 2.45) is 5.73 Å². The lowest BCUT2D eigenvalue weighted by atomic mass is 10.1. The molecule has 0 saturated heterocycles. The second kappa shape index (κ2) is 4.97. The molecule has 1 amide bonds. The third-order valence-electron chi connectivity index (χ3n) is 3.50. The van der Waals surface area contributed by atoms with Gasteiger partial charge in [-0.05, 0) is 25.0 Å². The molecule has 0 radical (unpaired) electrons. The van der Waals surface area contributed by atoms with Gasteiger partial charge in [-0.15, -0.1) is 0 Å². The fourth-order valence-corrected chi connectivity index (χ4v) is 2.41. The van der Waals surface area contributed by atoms with Crippen LogP contribution in [0, 0.1) is 0 Å². The van der Waals surface area contributed by atoms with Gasteiger partial charge in [0.25, 0.3) is 5.91 Å². The molecule has 4 nitrogen and oxygen atoms in total. The first-order chi connectivity index (χ1) is 9.31. The van der Waals surface area contributed by atoms with Crippen LogP contribution in [0.1, 0.15) is 23.2 Å². The first-order valence-electron chi connectivity index (χ1n) is 6.66. The zero-order valence-electron chi connectivity index (χ0n) is 10.7. The average molecular weight is 255 g/mol. The van der Waals surface area contributed by atoms with Crippen molar-refractivity contribution in [2.75, 3.05) is 13.1 Å². The fraction of sp³-hybridized carbons (Fsp3) is 0.333. The average Bonchev–Trinajstić information content (AvgIpc) is 3.28. The second-order valence-electron chi connectivity index (χ2n) is 4.89. The lowest BCUT2D eigenvalue weighted by molar-refractivity contribution is 0.0750. The first kappa shape index (κ1) is 12.1. The summed E-state index contributed by atoms with van der Waals surface area (Å²) in [6, 6.07) is 9.92. The van der Waals surface area contributed by atoms with Gasteiger partial charge in [0, 0.05) is 30.7 Å². The zero-order chi connectivity index (χ0) is 13.2. The number of fused-ring (bicyclic) bond motifs is 1. The van der Waals surface area contributed by atoms with Crippen molar-refractivity contribution in [1.82, 2.24) is 9.88 Å². The molecule has 98 valence electrons. The minimum atomic E-state index is 0.0755. The Balaban J connectivity index is 2.00. The Morgan fingerprint density at radius 3 is 2.84 bits per heavy atom. The van der Waals surface area contributed by atoms with Crippen LogP contribution >= 0.6 is 0 Å². The van der Waals surface area contributed by atoms with E-state index in [0.717, 1.165) is 29.3 Å². The molecule has 0 spiro atoms. The largest absolute Gasteiger partial charge is 0.334 e. The molecule has 2 aromatic rings. The summed E-state index contributed by atoms with van der Waals surface area (Å²) in [5.74, 6) is 0.0755. The van der Waals surface area contributed by atoms with Crippen LogP contribution in [0.2, 0.25) is 0 Å². The van der Waals surface area contributed by atoms with Gasteiger partial charge in [0.05, 0.1) is 11.1 Å². The van der Waals surface area contributed by atoms with Crippen LogP contribution in [-0.2, 0) is 0 Å². The summed E-state index contributed by atoms with van der Waals surface area (Å²) < 4.78 is 0. The van der Waals surface area contributed by atoms with Crippen LogP contribution in [0.3, 0.4) is 0 Å². The molecule has 2 N–H and O–H groups in total. The molecule has 1 saturated carbocycles. The van der Waals surface area contributed by atoms with Gasteiger partial charge in [0.1, 0.15) is 0 Å². The number of nitrogens with zero attached hydrogens (tertiary/aromatic N) is 2. The monoisotopic (exact) mass is 255 g/mol. The number of nitrogens with two attached hydrogens (primary N) is 1. The maximum Gasteiger partial charge on any atom is 0.254 e. The Morgan fingerprint density at radius 2 is 2.11 bits per heavy atom. The van der Waals surface area contributed by atoms with Gasteiger partial charge in [-0.25, -0.2) is 0 Å². The molecule has 4 heteroatoms. The molecule has 19 heavy (non-hydrogen) atoms. The van der Waals surface area contributed by atoms with Crippen LogP contribution in [0.4, 0.5) is 0 Å². The van der Waals surface area contributed by atoms with Crippen LogP contribution in [-0.4, -0.2) is 34.9 Å². The molecular weight excluding hydrogens is 238 g/mol. The van der Waals surface area contributed by atoms with Crippen molar-refractivity contribution < 1.29 is 4.79 Å². The summed E-state index contributed by atoms with van der Waals surface area (Å²) in [6.07, 6.45) is 3.88. The quantitative estimate of drug-likeness (QED) is 0.906. The third kappa shape index (κ3) is 2.31. The van der Waals surface area contributed by atoms with E-state index >= 15 is 0 Å². The Kier molecular flexibility index (Phi) is 3.17. The number of para-hydroxylation sites is 1. The first-order valence-corrected chi connectivity index (χ1v) is 6.66. The molecule has 1 fully saturated rings. The maximum atomic E-state index is 12.7. The van der Waals surface area contributed by atoms with E-state index in [0.29, 0.717) is 19.1 Å². The van der Waals surface area contributed by atoms with Gasteiger partial charge >= 0.3 is 0 Å². The highest BCUT2D eigenvalue weighted by Gasteiger charge is 2.32. The number of rotatable bonds is 4. The van der Waals surface area contributed by atoms with Crippen LogP contribution in [0.15, 0.2) is 36.5 Å². The predicted octanol–water partition coefficient (Wildman–Crippen LogP) is 1.80. The summed E-state index contributed by atoms with van der Waals surface area (Å²) in [5, 5.41) is 0.915. The predicted molar refractivity (Wildman–Crippen MR) is 74.9 cm³/mol. The number of aromatic nitrogens is 1. The maximum absolute atomic E-state index is 12.7. The molecule has 0 aliphatic heterocycles. The van der Waals surface area contributed by atoms with E-state index in [1.807, 2.05) is 29.2 Å². The molecule has 1 aromatic carbocycles. The van der Waals surface area contributed by atoms with Crippen molar-refractivity contribution in [3.8, 4) is 0 Å². The second-order valence-corrected chi connectivity index (χ2v) is 4.89. The zero-order valence-corrected chi connectivity index (χ0v) is 10.7. The lowest BCUT2D eigenvalue weighted by Gasteiger charge is -2.22. The lowest BCUT2D eigenvalue weighted by Crippen LogP contribution is -2.37. The number of amides is 1. The Morgan fingerprint density at radius 1 is 1.32 bits per heavy atom. The van der Waals surface area contributed by atoms with Crippen LogP contribution < -0.4 is 5.73 Å². The highest BCUT2D eigenvalue weighted by atomic mass is 16.2. The van der Waals surface area contributed by atoms with Crippen molar-refractivity contribution in [3.05, 3.63) is 42.1 Å². The molecule has 0 unspecified atom stereocenters. The van der Waals surface area contributed by atoms with Gasteiger partial charge < -0.3 is 10.6 Å². The van der Waals surface area contributed by atoms with E-state index in [2.05, 4.69) is 4.98 Å². The summed E-state index contributed by atoms with van der Waals surface area (Å²) in [6.45, 7) is 1.13. The van der Waals surface area contributed by atoms with Gasteiger partial charge in [-0.3, -0.25) is 9.78 Å². The van der Waals surface area contributed by atoms with E-state index in [1.54, 1.807) is 12.3 Å². The summed E-state index contributed by atoms with van der Waals surface area (Å²) >= 11 is 0. The normalized spacial score (nSPS) is 14.6. The SMILES string of the molecule is NCCN(C(=O)c1ccnc2ccccc12)C1CC1. The van der Waals surface area contributed by atoms with E-state index in [1.165, 1.54) is 0 Å². The van der Waals surface area contributed by atoms with Gasteiger partial charge in [0.2, 0.25) is 0 Å². The molecule has 0 bridgehead atoms. The minimum absolute atomic E-state index is 0.0755. The van der Waals surface area contributed by atoms with E-state index in [-0.39, 0.29) is 5.91 Å². The van der Waals surface area contributed by atoms with Gasteiger partial charge in [-0.1, -0.05) is 18.2 Å². The summed E-state index contributed by atoms with van der Waals surface area (Å²) in [7, 11) is 0. The minimum Gasteiger partial charge on any atom is -0.334 e. The standard InChI is InChI=1S/C15H17N3O/c16-8-10-18(11-5-6-11)15(19)13-7-9-17-14-4-2-1-3-12(13)14/h1-4,7,9,11H,5-6,8,10,16H2. The molecule has 0 atom stereocenters.